The number of hydrogen-bond donors (Lipinski definition) is 1. The monoisotopic (exact) mass is 479 g/mol. The van der Waals surface area contributed by atoms with Crippen molar-refractivity contribution in [3.8, 4) is 5.75 Å². The predicted molar refractivity (Wildman–Crippen MR) is 132 cm³/mol. The molecule has 0 aliphatic heterocycles. The molecule has 0 aliphatic rings. The number of amides is 1. The molecule has 0 saturated heterocycles. The summed E-state index contributed by atoms with van der Waals surface area (Å²) in [6.07, 6.45) is 0. The lowest BCUT2D eigenvalue weighted by atomic mass is 10.2. The molecule has 0 fully saturated rings. The first-order valence-electron chi connectivity index (χ1n) is 9.94. The first kappa shape index (κ1) is 22.4. The van der Waals surface area contributed by atoms with E-state index in [4.69, 9.17) is 4.74 Å². The van der Waals surface area contributed by atoms with Gasteiger partial charge >= 0.3 is 0 Å². The van der Waals surface area contributed by atoms with Crippen molar-refractivity contribution >= 4 is 46.5 Å². The van der Waals surface area contributed by atoms with Gasteiger partial charge in [-0.15, -0.1) is 10.2 Å². The molecule has 0 aliphatic carbocycles. The molecule has 1 aromatic heterocycles. The van der Waals surface area contributed by atoms with Crippen LogP contribution in [-0.2, 0) is 17.2 Å². The zero-order valence-corrected chi connectivity index (χ0v) is 19.6. The maximum Gasteiger partial charge on any atom is 0.234 e. The third-order valence-corrected chi connectivity index (χ3v) is 7.57. The van der Waals surface area contributed by atoms with Gasteiger partial charge in [0.2, 0.25) is 5.91 Å². The second-order valence-electron chi connectivity index (χ2n) is 6.74. The predicted octanol–water partition coefficient (Wildman–Crippen LogP) is 6.14. The van der Waals surface area contributed by atoms with Crippen molar-refractivity contribution in [3.05, 3.63) is 96.1 Å². The second-order valence-corrected chi connectivity index (χ2v) is 10.2. The Morgan fingerprint density at radius 1 is 0.812 bits per heavy atom. The van der Waals surface area contributed by atoms with Crippen LogP contribution in [0.3, 0.4) is 0 Å². The number of ether oxygens (including phenoxy) is 1. The maximum absolute atomic E-state index is 12.3. The number of hydrogen-bond acceptors (Lipinski definition) is 7. The topological polar surface area (TPSA) is 64.1 Å². The lowest BCUT2D eigenvalue weighted by Gasteiger charge is -2.08. The molecular weight excluding hydrogens is 458 g/mol. The Balaban J connectivity index is 1.19. The Bertz CT molecular complexity index is 1120. The summed E-state index contributed by atoms with van der Waals surface area (Å²) >= 11 is 4.56. The summed E-state index contributed by atoms with van der Waals surface area (Å²) in [4.78, 5) is 12.3. The number of carbonyl (C=O) groups is 1. The maximum atomic E-state index is 12.3. The van der Waals surface area contributed by atoms with Crippen molar-refractivity contribution in [2.24, 2.45) is 0 Å². The zero-order valence-electron chi connectivity index (χ0n) is 17.1. The highest BCUT2D eigenvalue weighted by Gasteiger charge is 2.09. The van der Waals surface area contributed by atoms with Crippen molar-refractivity contribution in [3.63, 3.8) is 0 Å². The van der Waals surface area contributed by atoms with Crippen LogP contribution in [-0.4, -0.2) is 21.9 Å². The molecule has 3 aromatic carbocycles. The molecule has 4 rings (SSSR count). The number of benzene rings is 3. The number of anilines is 1. The fraction of sp³-hybridized carbons (Fsp3) is 0.125. The highest BCUT2D eigenvalue weighted by Crippen LogP contribution is 2.30. The van der Waals surface area contributed by atoms with Crippen LogP contribution in [0.25, 0.3) is 0 Å². The third kappa shape index (κ3) is 7.12. The summed E-state index contributed by atoms with van der Waals surface area (Å²) in [5.41, 5.74) is 3.09. The minimum absolute atomic E-state index is 0.0818. The number of thioether (sulfide) groups is 2. The molecule has 162 valence electrons. The fourth-order valence-corrected chi connectivity index (χ4v) is 5.51. The van der Waals surface area contributed by atoms with Crippen molar-refractivity contribution in [2.75, 3.05) is 11.1 Å². The molecule has 1 N–H and O–H groups in total. The first-order chi connectivity index (χ1) is 15.7. The molecule has 32 heavy (non-hydrogen) atoms. The van der Waals surface area contributed by atoms with E-state index in [1.807, 2.05) is 72.8 Å². The van der Waals surface area contributed by atoms with Crippen LogP contribution in [0.4, 0.5) is 5.69 Å². The SMILES string of the molecule is O=C(CSc1nnc(SCc2ccccc2)s1)Nc1ccc(OCc2ccccc2)cc1. The second kappa shape index (κ2) is 11.7. The standard InChI is InChI=1S/C24H21N3O2S3/c28-22(17-31-24-27-26-23(32-24)30-16-19-9-5-2-6-10-19)25-20-11-13-21(14-12-20)29-15-18-7-3-1-4-8-18/h1-14H,15-17H2,(H,25,28). The summed E-state index contributed by atoms with van der Waals surface area (Å²) < 4.78 is 7.47. The molecule has 5 nitrogen and oxygen atoms in total. The summed E-state index contributed by atoms with van der Waals surface area (Å²) in [6.45, 7) is 0.511. The Hall–Kier alpha value is -2.81. The van der Waals surface area contributed by atoms with Crippen LogP contribution in [0.15, 0.2) is 93.6 Å². The molecule has 1 heterocycles. The van der Waals surface area contributed by atoms with Gasteiger partial charge in [0.25, 0.3) is 0 Å². The van der Waals surface area contributed by atoms with E-state index in [0.29, 0.717) is 6.61 Å². The lowest BCUT2D eigenvalue weighted by Crippen LogP contribution is -2.13. The third-order valence-electron chi connectivity index (χ3n) is 4.31. The van der Waals surface area contributed by atoms with Crippen molar-refractivity contribution in [1.29, 1.82) is 0 Å². The van der Waals surface area contributed by atoms with Gasteiger partial charge in [-0.1, -0.05) is 95.5 Å². The molecule has 8 heteroatoms. The zero-order chi connectivity index (χ0) is 22.0. The number of rotatable bonds is 10. The number of nitrogens with one attached hydrogen (secondary N) is 1. The van der Waals surface area contributed by atoms with Gasteiger partial charge in [0.1, 0.15) is 12.4 Å². The smallest absolute Gasteiger partial charge is 0.234 e. The summed E-state index contributed by atoms with van der Waals surface area (Å²) in [5.74, 6) is 1.81. The summed E-state index contributed by atoms with van der Waals surface area (Å²) in [6, 6.07) is 27.6. The highest BCUT2D eigenvalue weighted by molar-refractivity contribution is 8.03. The van der Waals surface area contributed by atoms with E-state index in [0.717, 1.165) is 31.4 Å². The quantitative estimate of drug-likeness (QED) is 0.276. The lowest BCUT2D eigenvalue weighted by molar-refractivity contribution is -0.113. The first-order valence-corrected chi connectivity index (χ1v) is 12.7. The molecule has 0 unspecified atom stereocenters. The molecular formula is C24H21N3O2S3. The van der Waals surface area contributed by atoms with Crippen LogP contribution in [0.1, 0.15) is 11.1 Å². The van der Waals surface area contributed by atoms with Gasteiger partial charge in [-0.25, -0.2) is 0 Å². The summed E-state index contributed by atoms with van der Waals surface area (Å²) in [5, 5.41) is 11.3. The Kier molecular flexibility index (Phi) is 8.19. The minimum atomic E-state index is -0.0818. The number of carbonyl (C=O) groups excluding carboxylic acids is 1. The van der Waals surface area contributed by atoms with Crippen molar-refractivity contribution in [2.45, 2.75) is 21.0 Å². The Labute approximate surface area is 199 Å². The van der Waals surface area contributed by atoms with Gasteiger partial charge in [-0.05, 0) is 35.4 Å². The van der Waals surface area contributed by atoms with Crippen LogP contribution < -0.4 is 10.1 Å². The summed E-state index contributed by atoms with van der Waals surface area (Å²) in [7, 11) is 0. The van der Waals surface area contributed by atoms with Gasteiger partial charge in [-0.3, -0.25) is 4.79 Å². The van der Waals surface area contributed by atoms with E-state index in [9.17, 15) is 4.79 Å². The van der Waals surface area contributed by atoms with E-state index >= 15 is 0 Å². The van der Waals surface area contributed by atoms with Gasteiger partial charge < -0.3 is 10.1 Å². The van der Waals surface area contributed by atoms with Crippen LogP contribution in [0, 0.1) is 0 Å². The average molecular weight is 480 g/mol. The van der Waals surface area contributed by atoms with Gasteiger partial charge in [0.15, 0.2) is 8.68 Å². The number of nitrogens with zero attached hydrogens (tertiary/aromatic N) is 2. The molecule has 0 bridgehead atoms. The minimum Gasteiger partial charge on any atom is -0.489 e. The van der Waals surface area contributed by atoms with Crippen LogP contribution in [0.5, 0.6) is 5.75 Å². The Morgan fingerprint density at radius 2 is 1.44 bits per heavy atom. The van der Waals surface area contributed by atoms with Crippen LogP contribution >= 0.6 is 34.9 Å². The molecule has 0 radical (unpaired) electrons. The van der Waals surface area contributed by atoms with Gasteiger partial charge in [0, 0.05) is 11.4 Å². The van der Waals surface area contributed by atoms with Crippen molar-refractivity contribution < 1.29 is 9.53 Å². The largest absolute Gasteiger partial charge is 0.489 e. The molecule has 0 saturated carbocycles. The van der Waals surface area contributed by atoms with E-state index in [-0.39, 0.29) is 11.7 Å². The Morgan fingerprint density at radius 3 is 2.12 bits per heavy atom. The van der Waals surface area contributed by atoms with Gasteiger partial charge in [0.05, 0.1) is 5.75 Å². The van der Waals surface area contributed by atoms with E-state index in [1.165, 1.54) is 28.7 Å². The molecule has 0 atom stereocenters. The number of aromatic nitrogens is 2. The average Bonchev–Trinajstić information content (AvgIpc) is 3.30. The van der Waals surface area contributed by atoms with Gasteiger partial charge in [-0.2, -0.15) is 0 Å². The molecule has 0 spiro atoms. The molecule has 4 aromatic rings. The highest BCUT2D eigenvalue weighted by atomic mass is 32.2. The van der Waals surface area contributed by atoms with Crippen LogP contribution in [0.2, 0.25) is 0 Å². The fourth-order valence-electron chi connectivity index (χ4n) is 2.73. The van der Waals surface area contributed by atoms with E-state index in [1.54, 1.807) is 11.8 Å². The molecule has 1 amide bonds. The van der Waals surface area contributed by atoms with Crippen molar-refractivity contribution in [1.82, 2.24) is 10.2 Å². The normalized spacial score (nSPS) is 10.6. The van der Waals surface area contributed by atoms with E-state index in [2.05, 4.69) is 27.6 Å². The van der Waals surface area contributed by atoms with E-state index < -0.39 is 0 Å².